The number of methoxy groups -OCH3 is 2. The van der Waals surface area contributed by atoms with Crippen LogP contribution in [0.1, 0.15) is 32.6 Å². The van der Waals surface area contributed by atoms with Crippen molar-refractivity contribution < 1.29 is 17.9 Å². The van der Waals surface area contributed by atoms with Gasteiger partial charge in [-0.3, -0.25) is 0 Å². The molecule has 0 radical (unpaired) electrons. The van der Waals surface area contributed by atoms with E-state index in [1.54, 1.807) is 16.4 Å². The van der Waals surface area contributed by atoms with Crippen LogP contribution < -0.4 is 9.47 Å². The number of hydrogen-bond acceptors (Lipinski definition) is 4. The Morgan fingerprint density at radius 1 is 1.19 bits per heavy atom. The first-order valence-corrected chi connectivity index (χ1v) is 8.72. The topological polar surface area (TPSA) is 55.8 Å². The third kappa shape index (κ3) is 3.16. The van der Waals surface area contributed by atoms with Crippen LogP contribution in [0, 0.1) is 0 Å². The Morgan fingerprint density at radius 3 is 2.52 bits per heavy atom. The fourth-order valence-electron chi connectivity index (χ4n) is 2.81. The summed E-state index contributed by atoms with van der Waals surface area (Å²) in [6.07, 6.45) is 3.79. The average Bonchev–Trinajstić information content (AvgIpc) is 2.53. The smallest absolute Gasteiger partial charge is 0.243 e. The van der Waals surface area contributed by atoms with Gasteiger partial charge in [0.15, 0.2) is 11.5 Å². The largest absolute Gasteiger partial charge is 0.493 e. The Hall–Kier alpha value is -1.27. The summed E-state index contributed by atoms with van der Waals surface area (Å²) in [4.78, 5) is 0.264. The van der Waals surface area contributed by atoms with Gasteiger partial charge in [-0.2, -0.15) is 4.31 Å². The Balaban J connectivity index is 2.38. The standard InChI is InChI=1S/C15H23NO4S/c1-4-12-7-5-6-10-16(12)21(17,18)13-8-9-14(19-2)15(11-13)20-3/h8-9,11-12H,4-7,10H2,1-3H3. The number of rotatable bonds is 5. The van der Waals surface area contributed by atoms with Gasteiger partial charge < -0.3 is 9.47 Å². The summed E-state index contributed by atoms with van der Waals surface area (Å²) in [6, 6.07) is 4.85. The fourth-order valence-corrected chi connectivity index (χ4v) is 4.59. The number of nitrogens with zero attached hydrogens (tertiary/aromatic N) is 1. The number of piperidine rings is 1. The van der Waals surface area contributed by atoms with Crippen LogP contribution >= 0.6 is 0 Å². The minimum atomic E-state index is -3.48. The van der Waals surface area contributed by atoms with Crippen molar-refractivity contribution in [3.63, 3.8) is 0 Å². The second kappa shape index (κ2) is 6.66. The zero-order valence-corrected chi connectivity index (χ0v) is 13.6. The van der Waals surface area contributed by atoms with Gasteiger partial charge in [0, 0.05) is 18.7 Å². The molecule has 6 heteroatoms. The zero-order chi connectivity index (χ0) is 15.5. The second-order valence-corrected chi connectivity index (χ2v) is 7.08. The van der Waals surface area contributed by atoms with Crippen molar-refractivity contribution in [2.75, 3.05) is 20.8 Å². The maximum atomic E-state index is 12.9. The van der Waals surface area contributed by atoms with Crippen molar-refractivity contribution in [1.29, 1.82) is 0 Å². The first kappa shape index (κ1) is 16.1. The molecule has 1 atom stereocenters. The van der Waals surface area contributed by atoms with Crippen LogP contribution in [0.25, 0.3) is 0 Å². The van der Waals surface area contributed by atoms with Crippen LogP contribution in [-0.4, -0.2) is 39.5 Å². The van der Waals surface area contributed by atoms with Crippen LogP contribution in [0.15, 0.2) is 23.1 Å². The van der Waals surface area contributed by atoms with E-state index in [2.05, 4.69) is 0 Å². The van der Waals surface area contributed by atoms with Gasteiger partial charge in [-0.1, -0.05) is 13.3 Å². The van der Waals surface area contributed by atoms with E-state index in [-0.39, 0.29) is 10.9 Å². The number of hydrogen-bond donors (Lipinski definition) is 0. The lowest BCUT2D eigenvalue weighted by Gasteiger charge is -2.34. The molecule has 5 nitrogen and oxygen atoms in total. The predicted molar refractivity (Wildman–Crippen MR) is 81.4 cm³/mol. The van der Waals surface area contributed by atoms with Crippen molar-refractivity contribution in [2.45, 2.75) is 43.5 Å². The molecule has 21 heavy (non-hydrogen) atoms. The Kier molecular flexibility index (Phi) is 5.11. The Labute approximate surface area is 126 Å². The molecule has 2 rings (SSSR count). The van der Waals surface area contributed by atoms with E-state index in [4.69, 9.17) is 9.47 Å². The van der Waals surface area contributed by atoms with Gasteiger partial charge in [-0.15, -0.1) is 0 Å². The first-order valence-electron chi connectivity index (χ1n) is 7.28. The van der Waals surface area contributed by atoms with Crippen molar-refractivity contribution in [2.24, 2.45) is 0 Å². The maximum Gasteiger partial charge on any atom is 0.243 e. The van der Waals surface area contributed by atoms with E-state index >= 15 is 0 Å². The van der Waals surface area contributed by atoms with Crippen molar-refractivity contribution >= 4 is 10.0 Å². The van der Waals surface area contributed by atoms with Crippen molar-refractivity contribution in [3.05, 3.63) is 18.2 Å². The SMILES string of the molecule is CCC1CCCCN1S(=O)(=O)c1ccc(OC)c(OC)c1. The predicted octanol–water partition coefficient (Wildman–Crippen LogP) is 2.66. The Bertz CT molecular complexity index is 585. The van der Waals surface area contributed by atoms with Gasteiger partial charge in [0.25, 0.3) is 0 Å². The molecule has 1 aromatic rings. The molecule has 0 spiro atoms. The number of sulfonamides is 1. The van der Waals surface area contributed by atoms with Crippen LogP contribution in [0.2, 0.25) is 0 Å². The zero-order valence-electron chi connectivity index (χ0n) is 12.8. The van der Waals surface area contributed by atoms with Crippen LogP contribution in [0.5, 0.6) is 11.5 Å². The summed E-state index contributed by atoms with van der Waals surface area (Å²) in [5.41, 5.74) is 0. The Morgan fingerprint density at radius 2 is 1.90 bits per heavy atom. The normalized spacial score (nSPS) is 20.2. The highest BCUT2D eigenvalue weighted by atomic mass is 32.2. The summed E-state index contributed by atoms with van der Waals surface area (Å²) < 4.78 is 37.7. The van der Waals surface area contributed by atoms with Crippen molar-refractivity contribution in [1.82, 2.24) is 4.31 Å². The monoisotopic (exact) mass is 313 g/mol. The molecular formula is C15H23NO4S. The van der Waals surface area contributed by atoms with Gasteiger partial charge in [0.1, 0.15) is 0 Å². The van der Waals surface area contributed by atoms with E-state index in [1.165, 1.54) is 20.3 Å². The molecule has 0 bridgehead atoms. The molecule has 1 aromatic carbocycles. The fraction of sp³-hybridized carbons (Fsp3) is 0.600. The second-order valence-electron chi connectivity index (χ2n) is 5.19. The highest BCUT2D eigenvalue weighted by molar-refractivity contribution is 7.89. The van der Waals surface area contributed by atoms with Crippen LogP contribution in [-0.2, 0) is 10.0 Å². The van der Waals surface area contributed by atoms with Crippen molar-refractivity contribution in [3.8, 4) is 11.5 Å². The average molecular weight is 313 g/mol. The summed E-state index contributed by atoms with van der Waals surface area (Å²) in [7, 11) is -0.448. The lowest BCUT2D eigenvalue weighted by Crippen LogP contribution is -2.43. The van der Waals surface area contributed by atoms with E-state index in [0.29, 0.717) is 18.0 Å². The highest BCUT2D eigenvalue weighted by Crippen LogP contribution is 2.33. The molecule has 118 valence electrons. The summed E-state index contributed by atoms with van der Waals surface area (Å²) in [5.74, 6) is 0.964. The molecule has 1 saturated heterocycles. The molecular weight excluding hydrogens is 290 g/mol. The van der Waals surface area contributed by atoms with Crippen LogP contribution in [0.3, 0.4) is 0 Å². The van der Waals surface area contributed by atoms with Crippen LogP contribution in [0.4, 0.5) is 0 Å². The lowest BCUT2D eigenvalue weighted by molar-refractivity contribution is 0.246. The minimum Gasteiger partial charge on any atom is -0.493 e. The maximum absolute atomic E-state index is 12.9. The van der Waals surface area contributed by atoms with E-state index in [9.17, 15) is 8.42 Å². The molecule has 0 amide bonds. The van der Waals surface area contributed by atoms with E-state index in [0.717, 1.165) is 25.7 Å². The van der Waals surface area contributed by atoms with E-state index in [1.807, 2.05) is 6.92 Å². The first-order chi connectivity index (χ1) is 10.0. The summed E-state index contributed by atoms with van der Waals surface area (Å²) in [6.45, 7) is 2.63. The minimum absolute atomic E-state index is 0.0943. The molecule has 1 fully saturated rings. The third-order valence-corrected chi connectivity index (χ3v) is 5.95. The van der Waals surface area contributed by atoms with Gasteiger partial charge in [-0.25, -0.2) is 8.42 Å². The molecule has 1 aliphatic heterocycles. The number of ether oxygens (including phenoxy) is 2. The molecule has 0 N–H and O–H groups in total. The highest BCUT2D eigenvalue weighted by Gasteiger charge is 2.32. The summed E-state index contributed by atoms with van der Waals surface area (Å²) >= 11 is 0. The molecule has 1 heterocycles. The molecule has 1 unspecified atom stereocenters. The van der Waals surface area contributed by atoms with Gasteiger partial charge in [-0.05, 0) is 31.4 Å². The quantitative estimate of drug-likeness (QED) is 0.838. The molecule has 0 saturated carbocycles. The third-order valence-electron chi connectivity index (χ3n) is 4.01. The lowest BCUT2D eigenvalue weighted by atomic mass is 10.0. The molecule has 1 aliphatic rings. The molecule has 0 aliphatic carbocycles. The van der Waals surface area contributed by atoms with Gasteiger partial charge in [0.05, 0.1) is 19.1 Å². The summed E-state index contributed by atoms with van der Waals surface area (Å²) in [5, 5.41) is 0. The van der Waals surface area contributed by atoms with E-state index < -0.39 is 10.0 Å². The number of benzene rings is 1. The van der Waals surface area contributed by atoms with Gasteiger partial charge in [0.2, 0.25) is 10.0 Å². The molecule has 0 aromatic heterocycles. The van der Waals surface area contributed by atoms with Gasteiger partial charge >= 0.3 is 0 Å².